The molecule has 0 aromatic heterocycles. The predicted molar refractivity (Wildman–Crippen MR) is 227 cm³/mol. The van der Waals surface area contributed by atoms with Crippen LogP contribution in [-0.2, 0) is 19.1 Å². The zero-order valence-electron chi connectivity index (χ0n) is 35.2. The third-order valence-corrected chi connectivity index (χ3v) is 13.2. The van der Waals surface area contributed by atoms with Gasteiger partial charge in [0.05, 0.1) is 25.0 Å². The number of thioether (sulfide) groups is 2. The van der Waals surface area contributed by atoms with Crippen molar-refractivity contribution in [2.24, 2.45) is 23.7 Å². The SMILES string of the molecule is CCCCCCCC(C(=O)OC(CCC)OC(=O)C(CCCCCCC)C(CC(C)CCCCC)SCCO)C(CC(C)CCCCC)SCCO. The molecule has 0 aliphatic heterocycles. The van der Waals surface area contributed by atoms with Crippen molar-refractivity contribution in [3.8, 4) is 0 Å². The summed E-state index contributed by atoms with van der Waals surface area (Å²) in [5.74, 6) is 1.09. The maximum Gasteiger partial charge on any atom is 0.313 e. The summed E-state index contributed by atoms with van der Waals surface area (Å²) in [5.41, 5.74) is 0. The predicted octanol–water partition coefficient (Wildman–Crippen LogP) is 12.6. The van der Waals surface area contributed by atoms with Gasteiger partial charge in [0.2, 0.25) is 6.29 Å². The second kappa shape index (κ2) is 36.2. The summed E-state index contributed by atoms with van der Waals surface area (Å²) in [4.78, 5) is 28.5. The number of hydrogen-bond donors (Lipinski definition) is 2. The molecule has 8 heteroatoms. The zero-order chi connectivity index (χ0) is 38.8. The fourth-order valence-electron chi connectivity index (χ4n) is 7.28. The molecule has 0 bridgehead atoms. The van der Waals surface area contributed by atoms with Gasteiger partial charge in [-0.25, -0.2) is 0 Å². The summed E-state index contributed by atoms with van der Waals surface area (Å²) < 4.78 is 12.5. The number of carbonyl (C=O) groups is 2. The fraction of sp³-hybridized carbons (Fsp3) is 0.955. The minimum Gasteiger partial charge on any atom is -0.425 e. The van der Waals surface area contributed by atoms with Crippen LogP contribution in [0.3, 0.4) is 0 Å². The van der Waals surface area contributed by atoms with Gasteiger partial charge in [-0.15, -0.1) is 0 Å². The first-order valence-electron chi connectivity index (χ1n) is 22.1. The van der Waals surface area contributed by atoms with Gasteiger partial charge < -0.3 is 19.7 Å². The molecule has 52 heavy (non-hydrogen) atoms. The van der Waals surface area contributed by atoms with Crippen LogP contribution in [0.5, 0.6) is 0 Å². The van der Waals surface area contributed by atoms with Crippen molar-refractivity contribution in [2.75, 3.05) is 24.7 Å². The molecule has 6 atom stereocenters. The van der Waals surface area contributed by atoms with Gasteiger partial charge >= 0.3 is 11.9 Å². The van der Waals surface area contributed by atoms with Crippen LogP contribution in [0.2, 0.25) is 0 Å². The monoisotopic (exact) mass is 775 g/mol. The highest BCUT2D eigenvalue weighted by molar-refractivity contribution is 8.00. The van der Waals surface area contributed by atoms with Gasteiger partial charge in [0, 0.05) is 28.4 Å². The molecular weight excluding hydrogens is 689 g/mol. The number of ether oxygens (including phenoxy) is 2. The lowest BCUT2D eigenvalue weighted by molar-refractivity contribution is -0.195. The molecule has 0 radical (unpaired) electrons. The fourth-order valence-corrected chi connectivity index (χ4v) is 9.98. The first-order valence-corrected chi connectivity index (χ1v) is 24.2. The van der Waals surface area contributed by atoms with Crippen LogP contribution >= 0.6 is 23.5 Å². The highest BCUT2D eigenvalue weighted by atomic mass is 32.2. The number of carbonyl (C=O) groups excluding carboxylic acids is 2. The minimum absolute atomic E-state index is 0.0600. The quantitative estimate of drug-likeness (QED) is 0.0364. The van der Waals surface area contributed by atoms with Crippen molar-refractivity contribution in [3.05, 3.63) is 0 Å². The van der Waals surface area contributed by atoms with Crippen LogP contribution in [0.1, 0.15) is 203 Å². The van der Waals surface area contributed by atoms with E-state index in [0.29, 0.717) is 29.8 Å². The largest absolute Gasteiger partial charge is 0.425 e. The second-order valence-corrected chi connectivity index (χ2v) is 18.3. The molecule has 0 aliphatic carbocycles. The number of rotatable bonds is 38. The average Bonchev–Trinajstić information content (AvgIpc) is 3.12. The molecule has 0 spiro atoms. The lowest BCUT2D eigenvalue weighted by atomic mass is 9.89. The third-order valence-electron chi connectivity index (χ3n) is 10.5. The normalized spacial score (nSPS) is 15.8. The molecule has 6 nitrogen and oxygen atoms in total. The highest BCUT2D eigenvalue weighted by Gasteiger charge is 2.36. The lowest BCUT2D eigenvalue weighted by Gasteiger charge is -2.31. The van der Waals surface area contributed by atoms with Crippen LogP contribution in [-0.4, -0.2) is 63.7 Å². The maximum absolute atomic E-state index is 14.2. The molecular formula is C44H86O6S2. The summed E-state index contributed by atoms with van der Waals surface area (Å²) in [6.07, 6.45) is 24.4. The van der Waals surface area contributed by atoms with E-state index < -0.39 is 6.29 Å². The van der Waals surface area contributed by atoms with Gasteiger partial charge in [0.15, 0.2) is 0 Å². The molecule has 0 fully saturated rings. The Balaban J connectivity index is 6.20. The smallest absolute Gasteiger partial charge is 0.313 e. The van der Waals surface area contributed by atoms with Crippen LogP contribution in [0.4, 0.5) is 0 Å². The van der Waals surface area contributed by atoms with E-state index in [9.17, 15) is 19.8 Å². The molecule has 6 unspecified atom stereocenters. The van der Waals surface area contributed by atoms with Crippen molar-refractivity contribution in [1.82, 2.24) is 0 Å². The molecule has 0 aromatic carbocycles. The highest BCUT2D eigenvalue weighted by Crippen LogP contribution is 2.35. The van der Waals surface area contributed by atoms with Gasteiger partial charge in [-0.3, -0.25) is 9.59 Å². The first-order chi connectivity index (χ1) is 25.2. The van der Waals surface area contributed by atoms with Gasteiger partial charge in [-0.05, 0) is 43.9 Å². The first kappa shape index (κ1) is 51.6. The summed E-state index contributed by atoms with van der Waals surface area (Å²) in [5, 5.41) is 19.7. The molecule has 0 amide bonds. The molecule has 2 N–H and O–H groups in total. The molecule has 0 aliphatic rings. The minimum atomic E-state index is -0.897. The Morgan fingerprint density at radius 1 is 0.481 bits per heavy atom. The van der Waals surface area contributed by atoms with E-state index in [2.05, 4.69) is 41.5 Å². The van der Waals surface area contributed by atoms with Gasteiger partial charge in [-0.1, -0.05) is 164 Å². The molecule has 0 saturated heterocycles. The number of hydrogen-bond acceptors (Lipinski definition) is 8. The second-order valence-electron chi connectivity index (χ2n) is 15.6. The Bertz CT molecular complexity index is 752. The van der Waals surface area contributed by atoms with Crippen molar-refractivity contribution in [1.29, 1.82) is 0 Å². The van der Waals surface area contributed by atoms with Crippen LogP contribution < -0.4 is 0 Å². The number of esters is 2. The van der Waals surface area contributed by atoms with Gasteiger partial charge in [-0.2, -0.15) is 23.5 Å². The third kappa shape index (κ3) is 26.4. The maximum atomic E-state index is 14.2. The number of aliphatic hydroxyl groups is 2. The molecule has 310 valence electrons. The van der Waals surface area contributed by atoms with Crippen LogP contribution in [0.15, 0.2) is 0 Å². The Morgan fingerprint density at radius 3 is 1.17 bits per heavy atom. The number of aliphatic hydroxyl groups excluding tert-OH is 2. The van der Waals surface area contributed by atoms with E-state index in [1.165, 1.54) is 77.0 Å². The van der Waals surface area contributed by atoms with E-state index in [4.69, 9.17) is 9.47 Å². The van der Waals surface area contributed by atoms with E-state index in [0.717, 1.165) is 70.6 Å². The molecule has 0 aromatic rings. The van der Waals surface area contributed by atoms with Gasteiger partial charge in [0.1, 0.15) is 0 Å². The van der Waals surface area contributed by atoms with Crippen molar-refractivity contribution in [2.45, 2.75) is 219 Å². The van der Waals surface area contributed by atoms with Crippen molar-refractivity contribution >= 4 is 35.5 Å². The van der Waals surface area contributed by atoms with Gasteiger partial charge in [0.25, 0.3) is 0 Å². The van der Waals surface area contributed by atoms with Crippen molar-refractivity contribution < 1.29 is 29.3 Å². The number of unbranched alkanes of at least 4 members (excludes halogenated alkanes) is 12. The van der Waals surface area contributed by atoms with Crippen LogP contribution in [0, 0.1) is 23.7 Å². The molecule has 0 rings (SSSR count). The van der Waals surface area contributed by atoms with Crippen molar-refractivity contribution in [3.63, 3.8) is 0 Å². The van der Waals surface area contributed by atoms with Crippen LogP contribution in [0.25, 0.3) is 0 Å². The summed E-state index contributed by atoms with van der Waals surface area (Å²) in [6, 6.07) is 0. The Morgan fingerprint density at radius 2 is 0.827 bits per heavy atom. The molecule has 0 saturated carbocycles. The Labute approximate surface area is 331 Å². The lowest BCUT2D eigenvalue weighted by Crippen LogP contribution is -2.37. The van der Waals surface area contributed by atoms with E-state index in [-0.39, 0.29) is 47.5 Å². The van der Waals surface area contributed by atoms with E-state index in [1.54, 1.807) is 23.5 Å². The summed E-state index contributed by atoms with van der Waals surface area (Å²) in [6.45, 7) is 15.7. The van der Waals surface area contributed by atoms with E-state index >= 15 is 0 Å². The van der Waals surface area contributed by atoms with E-state index in [1.807, 2.05) is 6.92 Å². The summed E-state index contributed by atoms with van der Waals surface area (Å²) in [7, 11) is 0. The average molecular weight is 775 g/mol. The standard InChI is InChI=1S/C44H86O6S2/c1-8-13-17-19-23-28-38(40(51-32-30-45)34-36(6)26-21-15-10-3)43(47)49-42(25-12-5)50-44(48)39(29-24-20-18-14-9-2)41(52-33-31-46)35-37(7)27-22-16-11-4/h36-42,45-46H,8-35H2,1-7H3. The zero-order valence-corrected chi connectivity index (χ0v) is 36.8. The topological polar surface area (TPSA) is 93.1 Å². The Hall–Kier alpha value is -0.440. The molecule has 0 heterocycles. The summed E-state index contributed by atoms with van der Waals surface area (Å²) >= 11 is 3.42. The Kier molecular flexibility index (Phi) is 35.9.